The van der Waals surface area contributed by atoms with Crippen molar-refractivity contribution in [1.29, 1.82) is 0 Å². The van der Waals surface area contributed by atoms with E-state index in [1.54, 1.807) is 14.2 Å². The minimum absolute atomic E-state index is 0.125. The average molecular weight is 337 g/mol. The van der Waals surface area contributed by atoms with Gasteiger partial charge in [-0.15, -0.1) is 0 Å². The fourth-order valence-electron chi connectivity index (χ4n) is 1.31. The number of hydrogen-bond donors (Lipinski definition) is 1. The van der Waals surface area contributed by atoms with Crippen molar-refractivity contribution in [3.63, 3.8) is 0 Å². The lowest BCUT2D eigenvalue weighted by molar-refractivity contribution is 0.175. The topological polar surface area (TPSA) is 70.3 Å². The number of anilines is 1. The standard InChI is InChI=1S/C10H16IN3O2/c1-6(4-15-2)10-13-7(5-16-3)8(11)9(12)14-10/h6H,4-5H2,1-3H3,(H2,12,13,14). The minimum atomic E-state index is 0.125. The summed E-state index contributed by atoms with van der Waals surface area (Å²) in [5.74, 6) is 1.33. The Morgan fingerprint density at radius 2 is 2.00 bits per heavy atom. The van der Waals surface area contributed by atoms with Crippen molar-refractivity contribution in [3.05, 3.63) is 15.1 Å². The Balaban J connectivity index is 3.03. The van der Waals surface area contributed by atoms with E-state index in [4.69, 9.17) is 15.2 Å². The van der Waals surface area contributed by atoms with Gasteiger partial charge < -0.3 is 15.2 Å². The van der Waals surface area contributed by atoms with E-state index in [-0.39, 0.29) is 5.92 Å². The molecule has 0 aromatic carbocycles. The molecule has 0 fully saturated rings. The first kappa shape index (κ1) is 13.6. The van der Waals surface area contributed by atoms with Crippen LogP contribution < -0.4 is 5.73 Å². The van der Waals surface area contributed by atoms with Crippen molar-refractivity contribution in [2.75, 3.05) is 26.6 Å². The van der Waals surface area contributed by atoms with E-state index in [0.29, 0.717) is 24.9 Å². The van der Waals surface area contributed by atoms with Gasteiger partial charge in [-0.3, -0.25) is 0 Å². The number of ether oxygens (including phenoxy) is 2. The third kappa shape index (κ3) is 3.26. The second kappa shape index (κ2) is 6.31. The normalized spacial score (nSPS) is 12.8. The maximum Gasteiger partial charge on any atom is 0.141 e. The van der Waals surface area contributed by atoms with Gasteiger partial charge in [0.25, 0.3) is 0 Å². The summed E-state index contributed by atoms with van der Waals surface area (Å²) < 4.78 is 11.0. The Morgan fingerprint density at radius 3 is 2.56 bits per heavy atom. The highest BCUT2D eigenvalue weighted by atomic mass is 127. The van der Waals surface area contributed by atoms with Crippen molar-refractivity contribution in [2.45, 2.75) is 19.4 Å². The largest absolute Gasteiger partial charge is 0.384 e. The molecule has 1 atom stereocenters. The van der Waals surface area contributed by atoms with E-state index in [1.165, 1.54) is 0 Å². The minimum Gasteiger partial charge on any atom is -0.384 e. The van der Waals surface area contributed by atoms with Crippen molar-refractivity contribution in [2.24, 2.45) is 0 Å². The molecule has 6 heteroatoms. The Bertz CT molecular complexity index is 360. The molecule has 1 aromatic rings. The molecule has 16 heavy (non-hydrogen) atoms. The van der Waals surface area contributed by atoms with Crippen LogP contribution in [0.2, 0.25) is 0 Å². The van der Waals surface area contributed by atoms with Gasteiger partial charge in [0, 0.05) is 20.1 Å². The predicted octanol–water partition coefficient (Wildman–Crippen LogP) is 1.56. The maximum absolute atomic E-state index is 5.83. The molecule has 0 radical (unpaired) electrons. The summed E-state index contributed by atoms with van der Waals surface area (Å²) in [5, 5.41) is 0. The second-order valence-corrected chi connectivity index (χ2v) is 4.60. The van der Waals surface area contributed by atoms with E-state index in [0.717, 1.165) is 9.26 Å². The number of halogens is 1. The molecule has 1 unspecified atom stereocenters. The number of methoxy groups -OCH3 is 2. The quantitative estimate of drug-likeness (QED) is 0.826. The van der Waals surface area contributed by atoms with E-state index < -0.39 is 0 Å². The molecule has 0 saturated carbocycles. The smallest absolute Gasteiger partial charge is 0.141 e. The summed E-state index contributed by atoms with van der Waals surface area (Å²) in [4.78, 5) is 8.70. The molecule has 0 aliphatic carbocycles. The number of nitrogen functional groups attached to an aromatic ring is 1. The van der Waals surface area contributed by atoms with Gasteiger partial charge in [-0.05, 0) is 22.6 Å². The molecule has 0 aliphatic heterocycles. The first-order valence-corrected chi connectivity index (χ1v) is 5.97. The first-order chi connectivity index (χ1) is 7.60. The van der Waals surface area contributed by atoms with E-state index in [1.807, 2.05) is 6.92 Å². The number of nitrogens with zero attached hydrogens (tertiary/aromatic N) is 2. The molecule has 0 spiro atoms. The van der Waals surface area contributed by atoms with Gasteiger partial charge in [0.2, 0.25) is 0 Å². The third-order valence-corrected chi connectivity index (χ3v) is 3.28. The highest BCUT2D eigenvalue weighted by Crippen LogP contribution is 2.20. The van der Waals surface area contributed by atoms with Gasteiger partial charge in [0.1, 0.15) is 11.6 Å². The SMILES string of the molecule is COCc1nc(C(C)COC)nc(N)c1I. The molecular formula is C10H16IN3O2. The van der Waals surface area contributed by atoms with Crippen molar-refractivity contribution >= 4 is 28.4 Å². The summed E-state index contributed by atoms with van der Waals surface area (Å²) in [6.45, 7) is 3.02. The third-order valence-electron chi connectivity index (χ3n) is 2.10. The average Bonchev–Trinajstić information content (AvgIpc) is 2.25. The number of aromatic nitrogens is 2. The van der Waals surface area contributed by atoms with Crippen LogP contribution in [0, 0.1) is 3.57 Å². The van der Waals surface area contributed by atoms with Crippen LogP contribution in [0.15, 0.2) is 0 Å². The molecular weight excluding hydrogens is 321 g/mol. The number of nitrogens with two attached hydrogens (primary N) is 1. The van der Waals surface area contributed by atoms with E-state index in [9.17, 15) is 0 Å². The number of rotatable bonds is 5. The van der Waals surface area contributed by atoms with Crippen molar-refractivity contribution in [1.82, 2.24) is 9.97 Å². The van der Waals surface area contributed by atoms with Crippen LogP contribution in [-0.2, 0) is 16.1 Å². The molecule has 90 valence electrons. The molecule has 1 aromatic heterocycles. The molecule has 2 N–H and O–H groups in total. The zero-order valence-corrected chi connectivity index (χ0v) is 11.8. The van der Waals surface area contributed by atoms with Gasteiger partial charge in [-0.1, -0.05) is 6.92 Å². The van der Waals surface area contributed by atoms with Gasteiger partial charge in [0.05, 0.1) is 22.5 Å². The van der Waals surface area contributed by atoms with Crippen LogP contribution in [-0.4, -0.2) is 30.8 Å². The van der Waals surface area contributed by atoms with E-state index >= 15 is 0 Å². The summed E-state index contributed by atoms with van der Waals surface area (Å²) in [5.41, 5.74) is 6.66. The summed E-state index contributed by atoms with van der Waals surface area (Å²) in [6, 6.07) is 0. The Labute approximate surface area is 109 Å². The van der Waals surface area contributed by atoms with Crippen molar-refractivity contribution in [3.8, 4) is 0 Å². The lowest BCUT2D eigenvalue weighted by Gasteiger charge is -2.12. The van der Waals surface area contributed by atoms with Crippen molar-refractivity contribution < 1.29 is 9.47 Å². The van der Waals surface area contributed by atoms with Crippen LogP contribution in [0.5, 0.6) is 0 Å². The zero-order valence-electron chi connectivity index (χ0n) is 9.66. The van der Waals surface area contributed by atoms with Gasteiger partial charge in [-0.25, -0.2) is 9.97 Å². The first-order valence-electron chi connectivity index (χ1n) is 4.89. The molecule has 0 saturated heterocycles. The Morgan fingerprint density at radius 1 is 1.31 bits per heavy atom. The highest BCUT2D eigenvalue weighted by Gasteiger charge is 2.14. The van der Waals surface area contributed by atoms with Crippen LogP contribution in [0.25, 0.3) is 0 Å². The molecule has 1 heterocycles. The lowest BCUT2D eigenvalue weighted by atomic mass is 10.2. The molecule has 0 amide bonds. The van der Waals surface area contributed by atoms with Crippen LogP contribution >= 0.6 is 22.6 Å². The Kier molecular flexibility index (Phi) is 5.36. The zero-order chi connectivity index (χ0) is 12.1. The summed E-state index contributed by atoms with van der Waals surface area (Å²) in [7, 11) is 3.29. The van der Waals surface area contributed by atoms with Gasteiger partial charge in [-0.2, -0.15) is 0 Å². The lowest BCUT2D eigenvalue weighted by Crippen LogP contribution is -2.13. The molecule has 5 nitrogen and oxygen atoms in total. The predicted molar refractivity (Wildman–Crippen MR) is 70.2 cm³/mol. The molecule has 0 aliphatic rings. The van der Waals surface area contributed by atoms with Gasteiger partial charge in [0.15, 0.2) is 0 Å². The monoisotopic (exact) mass is 337 g/mol. The molecule has 0 bridgehead atoms. The maximum atomic E-state index is 5.83. The number of hydrogen-bond acceptors (Lipinski definition) is 5. The fraction of sp³-hybridized carbons (Fsp3) is 0.600. The molecule has 1 rings (SSSR count). The van der Waals surface area contributed by atoms with Gasteiger partial charge >= 0.3 is 0 Å². The fourth-order valence-corrected chi connectivity index (χ4v) is 1.71. The summed E-state index contributed by atoms with van der Waals surface area (Å²) in [6.07, 6.45) is 0. The van der Waals surface area contributed by atoms with E-state index in [2.05, 4.69) is 32.6 Å². The van der Waals surface area contributed by atoms with Crippen LogP contribution in [0.1, 0.15) is 24.4 Å². The summed E-state index contributed by atoms with van der Waals surface area (Å²) >= 11 is 2.13. The second-order valence-electron chi connectivity index (χ2n) is 3.52. The van der Waals surface area contributed by atoms with Crippen LogP contribution in [0.3, 0.4) is 0 Å². The van der Waals surface area contributed by atoms with Crippen LogP contribution in [0.4, 0.5) is 5.82 Å². The Hall–Kier alpha value is -0.470. The highest BCUT2D eigenvalue weighted by molar-refractivity contribution is 14.1.